The third kappa shape index (κ3) is 2.88. The molecule has 0 bridgehead atoms. The zero-order valence-electron chi connectivity index (χ0n) is 15.1. The highest BCUT2D eigenvalue weighted by atomic mass is 32.1. The van der Waals surface area contributed by atoms with E-state index < -0.39 is 0 Å². The molecule has 1 aliphatic heterocycles. The van der Waals surface area contributed by atoms with E-state index in [4.69, 9.17) is 16.6 Å². The summed E-state index contributed by atoms with van der Waals surface area (Å²) in [5.74, 6) is 1.77. The second-order valence-electron chi connectivity index (χ2n) is 6.71. The number of hydrogen-bond acceptors (Lipinski definition) is 3. The Bertz CT molecular complexity index is 951. The van der Waals surface area contributed by atoms with Crippen molar-refractivity contribution in [3.63, 3.8) is 0 Å². The second kappa shape index (κ2) is 6.57. The number of nitrogens with one attached hydrogen (secondary N) is 1. The van der Waals surface area contributed by atoms with Crippen molar-refractivity contribution in [2.24, 2.45) is 0 Å². The molecule has 2 aromatic heterocycles. The van der Waals surface area contributed by atoms with E-state index in [2.05, 4.69) is 47.2 Å². The number of anilines is 1. The van der Waals surface area contributed by atoms with Gasteiger partial charge in [0.05, 0.1) is 11.7 Å². The van der Waals surface area contributed by atoms with Gasteiger partial charge in [0.1, 0.15) is 17.6 Å². The van der Waals surface area contributed by atoms with Crippen molar-refractivity contribution in [2.75, 3.05) is 4.90 Å². The van der Waals surface area contributed by atoms with Crippen LogP contribution in [0.5, 0.6) is 0 Å². The Morgan fingerprint density at radius 1 is 1.04 bits per heavy atom. The van der Waals surface area contributed by atoms with Crippen LogP contribution in [0.2, 0.25) is 0 Å². The minimum absolute atomic E-state index is 0.0733. The maximum atomic E-state index is 6.00. The van der Waals surface area contributed by atoms with E-state index in [0.717, 1.165) is 22.9 Å². The number of furan rings is 1. The summed E-state index contributed by atoms with van der Waals surface area (Å²) in [5, 5.41) is 4.13. The van der Waals surface area contributed by atoms with Crippen molar-refractivity contribution < 1.29 is 4.42 Å². The molecule has 2 atom stereocenters. The van der Waals surface area contributed by atoms with Crippen LogP contribution in [0.4, 0.5) is 5.69 Å². The quantitative estimate of drug-likeness (QED) is 0.679. The molecule has 3 heterocycles. The van der Waals surface area contributed by atoms with Crippen LogP contribution in [-0.4, -0.2) is 10.1 Å². The largest absolute Gasteiger partial charge is 0.464 e. The first-order valence-corrected chi connectivity index (χ1v) is 9.09. The van der Waals surface area contributed by atoms with Crippen molar-refractivity contribution >= 4 is 23.0 Å². The molecule has 3 aromatic rings. The zero-order valence-corrected chi connectivity index (χ0v) is 15.9. The highest BCUT2D eigenvalue weighted by molar-refractivity contribution is 7.80. The number of aromatic nitrogens is 1. The smallest absolute Gasteiger partial charge is 0.174 e. The third-order valence-electron chi connectivity index (χ3n) is 4.92. The topological polar surface area (TPSA) is 41.3 Å². The Morgan fingerprint density at radius 3 is 2.54 bits per heavy atom. The van der Waals surface area contributed by atoms with Crippen LogP contribution >= 0.6 is 12.2 Å². The maximum absolute atomic E-state index is 6.00. The molecular formula is C21H21N3OS. The molecule has 4 rings (SSSR count). The Morgan fingerprint density at radius 2 is 1.88 bits per heavy atom. The first-order chi connectivity index (χ1) is 12.5. The summed E-state index contributed by atoms with van der Waals surface area (Å²) < 4.78 is 6.00. The van der Waals surface area contributed by atoms with Crippen LogP contribution in [0.25, 0.3) is 0 Å². The Labute approximate surface area is 158 Å². The van der Waals surface area contributed by atoms with Gasteiger partial charge in [0.2, 0.25) is 0 Å². The summed E-state index contributed by atoms with van der Waals surface area (Å²) in [6.07, 6.45) is 1.81. The van der Waals surface area contributed by atoms with Gasteiger partial charge in [-0.1, -0.05) is 12.1 Å². The van der Waals surface area contributed by atoms with E-state index >= 15 is 0 Å². The third-order valence-corrected chi connectivity index (χ3v) is 5.23. The van der Waals surface area contributed by atoms with Gasteiger partial charge in [0.15, 0.2) is 5.11 Å². The molecule has 0 amide bonds. The summed E-state index contributed by atoms with van der Waals surface area (Å²) >= 11 is 5.70. The lowest BCUT2D eigenvalue weighted by Crippen LogP contribution is -2.29. The summed E-state index contributed by atoms with van der Waals surface area (Å²) in [5.41, 5.74) is 4.50. The van der Waals surface area contributed by atoms with Gasteiger partial charge in [-0.15, -0.1) is 0 Å². The minimum Gasteiger partial charge on any atom is -0.464 e. The lowest BCUT2D eigenvalue weighted by molar-refractivity contribution is 0.418. The highest BCUT2D eigenvalue weighted by Gasteiger charge is 2.42. The first-order valence-electron chi connectivity index (χ1n) is 8.69. The van der Waals surface area contributed by atoms with Gasteiger partial charge in [0, 0.05) is 11.9 Å². The fourth-order valence-corrected chi connectivity index (χ4v) is 3.76. The number of thiocarbonyl (C=S) groups is 1. The van der Waals surface area contributed by atoms with E-state index in [1.54, 1.807) is 0 Å². The van der Waals surface area contributed by atoms with Crippen LogP contribution < -0.4 is 10.2 Å². The lowest BCUT2D eigenvalue weighted by Gasteiger charge is -2.26. The molecular weight excluding hydrogens is 342 g/mol. The van der Waals surface area contributed by atoms with Crippen LogP contribution in [0.15, 0.2) is 59.1 Å². The molecule has 0 unspecified atom stereocenters. The van der Waals surface area contributed by atoms with E-state index in [1.807, 2.05) is 43.5 Å². The number of hydrogen-bond donors (Lipinski definition) is 1. The van der Waals surface area contributed by atoms with E-state index in [-0.39, 0.29) is 12.1 Å². The van der Waals surface area contributed by atoms with E-state index in [9.17, 15) is 0 Å². The molecule has 5 heteroatoms. The number of benzene rings is 1. The molecule has 1 aliphatic rings. The minimum atomic E-state index is -0.0896. The molecule has 0 saturated carbocycles. The Hall–Kier alpha value is -2.66. The number of nitrogens with zero attached hydrogens (tertiary/aromatic N) is 2. The second-order valence-corrected chi connectivity index (χ2v) is 7.10. The summed E-state index contributed by atoms with van der Waals surface area (Å²) in [7, 11) is 0. The lowest BCUT2D eigenvalue weighted by atomic mass is 10.0. The number of pyridine rings is 1. The predicted octanol–water partition coefficient (Wildman–Crippen LogP) is 4.78. The molecule has 0 spiro atoms. The molecule has 0 aliphatic carbocycles. The fourth-order valence-electron chi connectivity index (χ4n) is 3.41. The Balaban J connectivity index is 1.83. The van der Waals surface area contributed by atoms with Crippen LogP contribution in [0.3, 0.4) is 0 Å². The maximum Gasteiger partial charge on any atom is 0.174 e. The van der Waals surface area contributed by atoms with Gasteiger partial charge < -0.3 is 14.6 Å². The van der Waals surface area contributed by atoms with Gasteiger partial charge in [-0.25, -0.2) is 0 Å². The van der Waals surface area contributed by atoms with Gasteiger partial charge in [-0.2, -0.15) is 0 Å². The molecule has 1 N–H and O–H groups in total. The van der Waals surface area contributed by atoms with Gasteiger partial charge in [-0.05, 0) is 80.5 Å². The monoisotopic (exact) mass is 363 g/mol. The van der Waals surface area contributed by atoms with Gasteiger partial charge in [0.25, 0.3) is 0 Å². The molecule has 1 fully saturated rings. The molecule has 0 radical (unpaired) electrons. The van der Waals surface area contributed by atoms with Gasteiger partial charge >= 0.3 is 0 Å². The van der Waals surface area contributed by atoms with Crippen molar-refractivity contribution in [3.05, 3.63) is 83.1 Å². The fraction of sp³-hybridized carbons (Fsp3) is 0.238. The molecule has 1 aromatic carbocycles. The molecule has 4 nitrogen and oxygen atoms in total. The molecule has 132 valence electrons. The Kier molecular flexibility index (Phi) is 4.24. The zero-order chi connectivity index (χ0) is 18.3. The SMILES string of the molecule is Cc1ccc([C@H]2[C@@H](c3ccccn3)NC(=S)N2c2ccc(C)c(C)c2)o1. The molecule has 1 saturated heterocycles. The average Bonchev–Trinajstić information content (AvgIpc) is 3.21. The van der Waals surface area contributed by atoms with Crippen LogP contribution in [-0.2, 0) is 0 Å². The van der Waals surface area contributed by atoms with Crippen LogP contribution in [0, 0.1) is 20.8 Å². The number of aryl methyl sites for hydroxylation is 3. The summed E-state index contributed by atoms with van der Waals surface area (Å²) in [4.78, 5) is 6.69. The first kappa shape index (κ1) is 16.8. The van der Waals surface area contributed by atoms with Crippen molar-refractivity contribution in [1.82, 2.24) is 10.3 Å². The van der Waals surface area contributed by atoms with Crippen molar-refractivity contribution in [1.29, 1.82) is 0 Å². The van der Waals surface area contributed by atoms with Crippen LogP contribution in [0.1, 0.15) is 40.4 Å². The highest BCUT2D eigenvalue weighted by Crippen LogP contribution is 2.42. The standard InChI is InChI=1S/C21H21N3OS/c1-13-7-9-16(12-14(13)2)24-20(18-10-8-15(3)25-18)19(23-21(24)26)17-6-4-5-11-22-17/h4-12,19-20H,1-3H3,(H,23,26)/t19-,20+/m1/s1. The summed E-state index contributed by atoms with van der Waals surface area (Å²) in [6, 6.07) is 16.2. The van der Waals surface area contributed by atoms with Crippen molar-refractivity contribution in [3.8, 4) is 0 Å². The van der Waals surface area contributed by atoms with E-state index in [0.29, 0.717) is 5.11 Å². The normalized spacial score (nSPS) is 19.7. The van der Waals surface area contributed by atoms with E-state index in [1.165, 1.54) is 11.1 Å². The van der Waals surface area contributed by atoms with Crippen molar-refractivity contribution in [2.45, 2.75) is 32.9 Å². The van der Waals surface area contributed by atoms with Gasteiger partial charge in [-0.3, -0.25) is 4.98 Å². The average molecular weight is 363 g/mol. The summed E-state index contributed by atoms with van der Waals surface area (Å²) in [6.45, 7) is 6.19. The number of rotatable bonds is 3. The predicted molar refractivity (Wildman–Crippen MR) is 107 cm³/mol. The molecule has 26 heavy (non-hydrogen) atoms.